The van der Waals surface area contributed by atoms with Crippen LogP contribution in [0.2, 0.25) is 0 Å². The third-order valence-electron chi connectivity index (χ3n) is 4.02. The largest absolute Gasteiger partial charge is 0.457 e. The molecule has 2 heterocycles. The summed E-state index contributed by atoms with van der Waals surface area (Å²) in [7, 11) is 0. The number of carbonyl (C=O) groups excluding carboxylic acids is 1. The van der Waals surface area contributed by atoms with E-state index >= 15 is 0 Å². The molecule has 1 aliphatic rings. The summed E-state index contributed by atoms with van der Waals surface area (Å²) in [5.74, 6) is 1.03. The molecule has 0 aliphatic carbocycles. The minimum Gasteiger partial charge on any atom is -0.457 e. The molecule has 1 aromatic heterocycles. The molecule has 1 aliphatic heterocycles. The summed E-state index contributed by atoms with van der Waals surface area (Å²) in [5, 5.41) is 11.0. The number of fused-ring (bicyclic) bond motifs is 2. The Labute approximate surface area is 139 Å². The maximum absolute atomic E-state index is 12.8. The molecule has 0 radical (unpaired) electrons. The first-order chi connectivity index (χ1) is 11.8. The molecule has 0 spiro atoms. The number of hydrogen-bond acceptors (Lipinski definition) is 4. The second-order valence-electron chi connectivity index (χ2n) is 5.53. The van der Waals surface area contributed by atoms with Crippen LogP contribution >= 0.6 is 0 Å². The zero-order chi connectivity index (χ0) is 16.4. The summed E-state index contributed by atoms with van der Waals surface area (Å²) in [4.78, 5) is 14.4. The SMILES string of the molecule is O=C(NCCn1nccn1)C1c2ccccc2Oc2ccccc21. The summed E-state index contributed by atoms with van der Waals surface area (Å²) in [6.45, 7) is 1.00. The van der Waals surface area contributed by atoms with Crippen molar-refractivity contribution in [2.24, 2.45) is 0 Å². The van der Waals surface area contributed by atoms with Crippen molar-refractivity contribution in [3.8, 4) is 11.5 Å². The van der Waals surface area contributed by atoms with Gasteiger partial charge < -0.3 is 10.1 Å². The molecule has 6 heteroatoms. The minimum absolute atomic E-state index is 0.0506. The van der Waals surface area contributed by atoms with Crippen molar-refractivity contribution in [2.75, 3.05) is 6.54 Å². The van der Waals surface area contributed by atoms with E-state index in [-0.39, 0.29) is 11.8 Å². The first-order valence-corrected chi connectivity index (χ1v) is 7.80. The molecule has 0 fully saturated rings. The molecule has 3 aromatic rings. The maximum Gasteiger partial charge on any atom is 0.232 e. The van der Waals surface area contributed by atoms with Crippen molar-refractivity contribution in [1.82, 2.24) is 20.3 Å². The lowest BCUT2D eigenvalue weighted by molar-refractivity contribution is -0.121. The second-order valence-corrected chi connectivity index (χ2v) is 5.53. The number of nitrogens with zero attached hydrogens (tertiary/aromatic N) is 3. The highest BCUT2D eigenvalue weighted by atomic mass is 16.5. The highest BCUT2D eigenvalue weighted by Gasteiger charge is 2.32. The van der Waals surface area contributed by atoms with Crippen molar-refractivity contribution in [3.63, 3.8) is 0 Å². The number of hydrogen-bond donors (Lipinski definition) is 1. The van der Waals surface area contributed by atoms with Crippen LogP contribution in [0, 0.1) is 0 Å². The Morgan fingerprint density at radius 2 is 1.58 bits per heavy atom. The number of carbonyl (C=O) groups is 1. The van der Waals surface area contributed by atoms with Crippen LogP contribution in [0.1, 0.15) is 17.0 Å². The molecule has 1 N–H and O–H groups in total. The van der Waals surface area contributed by atoms with Gasteiger partial charge in [-0.05, 0) is 12.1 Å². The molecule has 6 nitrogen and oxygen atoms in total. The van der Waals surface area contributed by atoms with Crippen molar-refractivity contribution in [1.29, 1.82) is 0 Å². The molecule has 0 unspecified atom stereocenters. The predicted octanol–water partition coefficient (Wildman–Crippen LogP) is 2.33. The molecule has 2 aromatic carbocycles. The predicted molar refractivity (Wildman–Crippen MR) is 87.8 cm³/mol. The van der Waals surface area contributed by atoms with Crippen LogP contribution in [-0.4, -0.2) is 27.4 Å². The van der Waals surface area contributed by atoms with E-state index < -0.39 is 0 Å². The van der Waals surface area contributed by atoms with Crippen LogP contribution < -0.4 is 10.1 Å². The lowest BCUT2D eigenvalue weighted by Gasteiger charge is -2.27. The van der Waals surface area contributed by atoms with E-state index in [1.54, 1.807) is 17.2 Å². The van der Waals surface area contributed by atoms with Gasteiger partial charge in [0.25, 0.3) is 0 Å². The summed E-state index contributed by atoms with van der Waals surface area (Å²) in [6, 6.07) is 15.3. The van der Waals surface area contributed by atoms with E-state index in [1.165, 1.54) is 0 Å². The van der Waals surface area contributed by atoms with Gasteiger partial charge >= 0.3 is 0 Å². The van der Waals surface area contributed by atoms with Crippen LogP contribution in [0.4, 0.5) is 0 Å². The van der Waals surface area contributed by atoms with Gasteiger partial charge in [-0.1, -0.05) is 36.4 Å². The van der Waals surface area contributed by atoms with Crippen LogP contribution in [-0.2, 0) is 11.3 Å². The number of ether oxygens (including phenoxy) is 1. The average molecular weight is 320 g/mol. The Hall–Kier alpha value is -3.15. The van der Waals surface area contributed by atoms with E-state index in [1.807, 2.05) is 48.5 Å². The quantitative estimate of drug-likeness (QED) is 0.801. The zero-order valence-corrected chi connectivity index (χ0v) is 12.9. The van der Waals surface area contributed by atoms with E-state index in [9.17, 15) is 4.79 Å². The Morgan fingerprint density at radius 3 is 2.21 bits per heavy atom. The molecule has 24 heavy (non-hydrogen) atoms. The van der Waals surface area contributed by atoms with E-state index in [4.69, 9.17) is 4.74 Å². The van der Waals surface area contributed by atoms with E-state index in [0.717, 1.165) is 22.6 Å². The number of para-hydroxylation sites is 2. The Balaban J connectivity index is 1.58. The third kappa shape index (κ3) is 2.62. The normalized spacial score (nSPS) is 12.8. The summed E-state index contributed by atoms with van der Waals surface area (Å²) < 4.78 is 5.92. The highest BCUT2D eigenvalue weighted by Crippen LogP contribution is 2.43. The number of nitrogens with one attached hydrogen (secondary N) is 1. The lowest BCUT2D eigenvalue weighted by atomic mass is 9.87. The van der Waals surface area contributed by atoms with E-state index in [0.29, 0.717) is 13.1 Å². The summed E-state index contributed by atoms with van der Waals surface area (Å²) in [5.41, 5.74) is 1.76. The maximum atomic E-state index is 12.8. The van der Waals surface area contributed by atoms with Crippen molar-refractivity contribution < 1.29 is 9.53 Å². The van der Waals surface area contributed by atoms with Gasteiger partial charge in [-0.15, -0.1) is 0 Å². The molecule has 4 rings (SSSR count). The van der Waals surface area contributed by atoms with Gasteiger partial charge in [0.05, 0.1) is 24.9 Å². The van der Waals surface area contributed by atoms with E-state index in [2.05, 4.69) is 15.5 Å². The molecule has 0 atom stereocenters. The van der Waals surface area contributed by atoms with Crippen LogP contribution in [0.5, 0.6) is 11.5 Å². The van der Waals surface area contributed by atoms with Crippen LogP contribution in [0.25, 0.3) is 0 Å². The van der Waals surface area contributed by atoms with Crippen molar-refractivity contribution in [3.05, 3.63) is 72.1 Å². The lowest BCUT2D eigenvalue weighted by Crippen LogP contribution is -2.34. The first-order valence-electron chi connectivity index (χ1n) is 7.80. The van der Waals surface area contributed by atoms with Crippen LogP contribution in [0.15, 0.2) is 60.9 Å². The van der Waals surface area contributed by atoms with Crippen LogP contribution in [0.3, 0.4) is 0 Å². The van der Waals surface area contributed by atoms with Gasteiger partial charge in [0, 0.05) is 17.7 Å². The van der Waals surface area contributed by atoms with Gasteiger partial charge in [0.15, 0.2) is 0 Å². The molecular weight excluding hydrogens is 304 g/mol. The number of amides is 1. The molecule has 0 saturated heterocycles. The van der Waals surface area contributed by atoms with Crippen molar-refractivity contribution >= 4 is 5.91 Å². The minimum atomic E-state index is -0.378. The third-order valence-corrected chi connectivity index (χ3v) is 4.02. The fourth-order valence-corrected chi connectivity index (χ4v) is 2.93. The number of rotatable bonds is 4. The van der Waals surface area contributed by atoms with Gasteiger partial charge in [0.2, 0.25) is 5.91 Å². The standard InChI is InChI=1S/C18H16N4O2/c23-18(19-11-12-22-20-9-10-21-22)17-13-5-1-3-7-15(13)24-16-8-4-2-6-14(16)17/h1-10,17H,11-12H2,(H,19,23). The Bertz CT molecular complexity index is 815. The summed E-state index contributed by atoms with van der Waals surface area (Å²) >= 11 is 0. The van der Waals surface area contributed by atoms with Gasteiger partial charge in [-0.2, -0.15) is 15.0 Å². The zero-order valence-electron chi connectivity index (χ0n) is 12.9. The van der Waals surface area contributed by atoms with Gasteiger partial charge in [-0.3, -0.25) is 4.79 Å². The molecular formula is C18H16N4O2. The smallest absolute Gasteiger partial charge is 0.232 e. The topological polar surface area (TPSA) is 69.0 Å². The molecule has 120 valence electrons. The van der Waals surface area contributed by atoms with Gasteiger partial charge in [-0.25, -0.2) is 0 Å². The fraction of sp³-hybridized carbons (Fsp3) is 0.167. The highest BCUT2D eigenvalue weighted by molar-refractivity contribution is 5.89. The van der Waals surface area contributed by atoms with Crippen molar-refractivity contribution in [2.45, 2.75) is 12.5 Å². The molecule has 1 amide bonds. The summed E-state index contributed by atoms with van der Waals surface area (Å²) in [6.07, 6.45) is 3.24. The first kappa shape index (κ1) is 14.4. The number of aromatic nitrogens is 3. The Kier molecular flexibility index (Phi) is 3.70. The molecule has 0 bridgehead atoms. The monoisotopic (exact) mass is 320 g/mol. The average Bonchev–Trinajstić information content (AvgIpc) is 3.13. The second kappa shape index (κ2) is 6.16. The Morgan fingerprint density at radius 1 is 1.00 bits per heavy atom. The molecule has 0 saturated carbocycles. The number of benzene rings is 2. The van der Waals surface area contributed by atoms with Gasteiger partial charge in [0.1, 0.15) is 11.5 Å². The fourth-order valence-electron chi connectivity index (χ4n) is 2.93.